The van der Waals surface area contributed by atoms with Crippen molar-refractivity contribution in [3.63, 3.8) is 0 Å². The van der Waals surface area contributed by atoms with Crippen LogP contribution in [0.25, 0.3) is 0 Å². The molecule has 0 aromatic heterocycles. The molecule has 0 unspecified atom stereocenters. The Bertz CT molecular complexity index is 448. The molecule has 0 atom stereocenters. The van der Waals surface area contributed by atoms with E-state index >= 15 is 0 Å². The molecule has 17 heavy (non-hydrogen) atoms. The second-order valence-electron chi connectivity index (χ2n) is 3.57. The van der Waals surface area contributed by atoms with E-state index in [0.29, 0.717) is 5.69 Å². The zero-order chi connectivity index (χ0) is 13.2. The molecule has 1 amide bonds. The van der Waals surface area contributed by atoms with Crippen LogP contribution in [0.4, 0.5) is 17.1 Å². The third-order valence-electron chi connectivity index (χ3n) is 2.40. The van der Waals surface area contributed by atoms with Crippen molar-refractivity contribution in [3.05, 3.63) is 17.7 Å². The van der Waals surface area contributed by atoms with E-state index < -0.39 is 5.97 Å². The van der Waals surface area contributed by atoms with Crippen molar-refractivity contribution >= 4 is 28.9 Å². The minimum atomic E-state index is -0.527. The number of nitrogen functional groups attached to an aromatic ring is 2. The second kappa shape index (κ2) is 4.73. The fourth-order valence-corrected chi connectivity index (χ4v) is 1.46. The molecule has 1 aromatic rings. The van der Waals surface area contributed by atoms with Crippen LogP contribution in [0, 0.1) is 0 Å². The summed E-state index contributed by atoms with van der Waals surface area (Å²) in [6.07, 6.45) is 0. The number of esters is 1. The number of amides is 1. The van der Waals surface area contributed by atoms with Crippen molar-refractivity contribution in [2.24, 2.45) is 0 Å². The van der Waals surface area contributed by atoms with Crippen LogP contribution in [-0.2, 0) is 9.53 Å². The molecule has 0 spiro atoms. The Hall–Kier alpha value is -2.24. The summed E-state index contributed by atoms with van der Waals surface area (Å²) < 4.78 is 4.56. The third kappa shape index (κ3) is 2.47. The number of methoxy groups -OCH3 is 1. The number of rotatable bonds is 2. The fourth-order valence-electron chi connectivity index (χ4n) is 1.46. The van der Waals surface area contributed by atoms with Crippen LogP contribution in [0.2, 0.25) is 0 Å². The zero-order valence-corrected chi connectivity index (χ0v) is 9.98. The highest BCUT2D eigenvalue weighted by Gasteiger charge is 2.16. The number of hydrogen-bond acceptors (Lipinski definition) is 5. The number of benzene rings is 1. The van der Waals surface area contributed by atoms with Crippen LogP contribution >= 0.6 is 0 Å². The Balaban J connectivity index is 3.29. The topological polar surface area (TPSA) is 98.6 Å². The maximum atomic E-state index is 11.3. The monoisotopic (exact) mass is 237 g/mol. The Labute approximate surface area is 99.1 Å². The van der Waals surface area contributed by atoms with Crippen LogP contribution in [0.3, 0.4) is 0 Å². The lowest BCUT2D eigenvalue weighted by Crippen LogP contribution is -2.25. The summed E-state index contributed by atoms with van der Waals surface area (Å²) in [5, 5.41) is 0. The molecule has 6 heteroatoms. The quantitative estimate of drug-likeness (QED) is 0.580. The molecule has 92 valence electrons. The predicted molar refractivity (Wildman–Crippen MR) is 65.7 cm³/mol. The number of nitrogens with zero attached hydrogens (tertiary/aromatic N) is 1. The molecule has 0 heterocycles. The molecule has 0 fully saturated rings. The maximum absolute atomic E-state index is 11.3. The average molecular weight is 237 g/mol. The van der Waals surface area contributed by atoms with E-state index in [-0.39, 0.29) is 22.8 Å². The zero-order valence-electron chi connectivity index (χ0n) is 9.98. The van der Waals surface area contributed by atoms with E-state index in [4.69, 9.17) is 11.5 Å². The molecule has 6 nitrogen and oxygen atoms in total. The number of anilines is 3. The van der Waals surface area contributed by atoms with Crippen molar-refractivity contribution in [1.82, 2.24) is 0 Å². The standard InChI is InChI=1S/C11H15N3O3/c1-6(15)14(2)10-8(12)4-7(5-9(10)13)11(16)17-3/h4-5H,12-13H2,1-3H3. The molecule has 0 saturated heterocycles. The minimum Gasteiger partial charge on any atom is -0.465 e. The Morgan fingerprint density at radius 3 is 2.06 bits per heavy atom. The van der Waals surface area contributed by atoms with Crippen LogP contribution in [0.15, 0.2) is 12.1 Å². The minimum absolute atomic E-state index is 0.200. The Morgan fingerprint density at radius 1 is 1.24 bits per heavy atom. The summed E-state index contributed by atoms with van der Waals surface area (Å²) in [5.41, 5.74) is 12.7. The summed E-state index contributed by atoms with van der Waals surface area (Å²) in [6, 6.07) is 2.86. The molecular formula is C11H15N3O3. The van der Waals surface area contributed by atoms with Crippen molar-refractivity contribution in [2.75, 3.05) is 30.5 Å². The SMILES string of the molecule is COC(=O)c1cc(N)c(N(C)C(C)=O)c(N)c1. The molecule has 0 aliphatic heterocycles. The third-order valence-corrected chi connectivity index (χ3v) is 2.40. The lowest BCUT2D eigenvalue weighted by atomic mass is 10.1. The maximum Gasteiger partial charge on any atom is 0.338 e. The van der Waals surface area contributed by atoms with Gasteiger partial charge >= 0.3 is 5.97 Å². The van der Waals surface area contributed by atoms with Crippen LogP contribution < -0.4 is 16.4 Å². The van der Waals surface area contributed by atoms with E-state index in [9.17, 15) is 9.59 Å². The van der Waals surface area contributed by atoms with E-state index in [1.807, 2.05) is 0 Å². The van der Waals surface area contributed by atoms with E-state index in [1.165, 1.54) is 31.1 Å². The highest BCUT2D eigenvalue weighted by atomic mass is 16.5. The number of ether oxygens (including phenoxy) is 1. The molecule has 0 radical (unpaired) electrons. The molecule has 1 rings (SSSR count). The molecule has 0 aliphatic rings. The first-order chi connectivity index (χ1) is 7.88. The first kappa shape index (κ1) is 12.8. The van der Waals surface area contributed by atoms with Gasteiger partial charge in [0.1, 0.15) is 0 Å². The summed E-state index contributed by atoms with van der Waals surface area (Å²) in [5.74, 6) is -0.727. The molecule has 0 aliphatic carbocycles. The average Bonchev–Trinajstić information content (AvgIpc) is 2.26. The molecule has 0 saturated carbocycles. The van der Waals surface area contributed by atoms with E-state index in [1.54, 1.807) is 7.05 Å². The van der Waals surface area contributed by atoms with Gasteiger partial charge in [0.15, 0.2) is 0 Å². The number of carbonyl (C=O) groups excluding carboxylic acids is 2. The van der Waals surface area contributed by atoms with Crippen molar-refractivity contribution in [2.45, 2.75) is 6.92 Å². The van der Waals surface area contributed by atoms with Gasteiger partial charge in [0, 0.05) is 14.0 Å². The molecule has 1 aromatic carbocycles. The van der Waals surface area contributed by atoms with Gasteiger partial charge in [-0.2, -0.15) is 0 Å². The second-order valence-corrected chi connectivity index (χ2v) is 3.57. The van der Waals surface area contributed by atoms with Crippen molar-refractivity contribution < 1.29 is 14.3 Å². The lowest BCUT2D eigenvalue weighted by Gasteiger charge is -2.20. The largest absolute Gasteiger partial charge is 0.465 e. The van der Waals surface area contributed by atoms with Crippen molar-refractivity contribution in [3.8, 4) is 0 Å². The molecular weight excluding hydrogens is 222 g/mol. The van der Waals surface area contributed by atoms with E-state index in [2.05, 4.69) is 4.74 Å². The van der Waals surface area contributed by atoms with Gasteiger partial charge in [0.2, 0.25) is 5.91 Å². The highest BCUT2D eigenvalue weighted by Crippen LogP contribution is 2.31. The van der Waals surface area contributed by atoms with Crippen molar-refractivity contribution in [1.29, 1.82) is 0 Å². The Morgan fingerprint density at radius 2 is 1.71 bits per heavy atom. The summed E-state index contributed by atoms with van der Waals surface area (Å²) in [6.45, 7) is 1.40. The smallest absolute Gasteiger partial charge is 0.338 e. The first-order valence-corrected chi connectivity index (χ1v) is 4.90. The van der Waals surface area contributed by atoms with Gasteiger partial charge in [-0.3, -0.25) is 4.79 Å². The highest BCUT2D eigenvalue weighted by molar-refractivity contribution is 6.01. The lowest BCUT2D eigenvalue weighted by molar-refractivity contribution is -0.116. The fraction of sp³-hybridized carbons (Fsp3) is 0.273. The van der Waals surface area contributed by atoms with Crippen LogP contribution in [0.5, 0.6) is 0 Å². The predicted octanol–water partition coefficient (Wildman–Crippen LogP) is 0.620. The van der Waals surface area contributed by atoms with Crippen LogP contribution in [-0.4, -0.2) is 26.0 Å². The van der Waals surface area contributed by atoms with Gasteiger partial charge in [0.25, 0.3) is 0 Å². The first-order valence-electron chi connectivity index (χ1n) is 4.90. The number of carbonyl (C=O) groups is 2. The summed E-state index contributed by atoms with van der Waals surface area (Å²) >= 11 is 0. The van der Waals surface area contributed by atoms with E-state index in [0.717, 1.165) is 0 Å². The number of nitrogens with two attached hydrogens (primary N) is 2. The number of hydrogen-bond donors (Lipinski definition) is 2. The molecule has 0 bridgehead atoms. The van der Waals surface area contributed by atoms with Gasteiger partial charge in [-0.15, -0.1) is 0 Å². The summed E-state index contributed by atoms with van der Waals surface area (Å²) in [4.78, 5) is 23.9. The van der Waals surface area contributed by atoms with Gasteiger partial charge in [-0.25, -0.2) is 4.79 Å². The van der Waals surface area contributed by atoms with Gasteiger partial charge < -0.3 is 21.1 Å². The molecule has 4 N–H and O–H groups in total. The normalized spacial score (nSPS) is 9.82. The summed E-state index contributed by atoms with van der Waals surface area (Å²) in [7, 11) is 2.83. The van der Waals surface area contributed by atoms with Gasteiger partial charge in [0.05, 0.1) is 29.7 Å². The van der Waals surface area contributed by atoms with Crippen LogP contribution in [0.1, 0.15) is 17.3 Å². The van der Waals surface area contributed by atoms with Gasteiger partial charge in [-0.1, -0.05) is 0 Å². The Kier molecular flexibility index (Phi) is 3.57. The van der Waals surface area contributed by atoms with Gasteiger partial charge in [-0.05, 0) is 12.1 Å².